The molecule has 0 saturated heterocycles. The molecule has 0 radical (unpaired) electrons. The third-order valence-corrected chi connectivity index (χ3v) is 2.97. The Labute approximate surface area is 86.0 Å². The van der Waals surface area contributed by atoms with Crippen molar-refractivity contribution in [2.75, 3.05) is 6.61 Å². The van der Waals surface area contributed by atoms with Gasteiger partial charge in [-0.2, -0.15) is 0 Å². The van der Waals surface area contributed by atoms with Crippen LogP contribution < -0.4 is 5.73 Å². The van der Waals surface area contributed by atoms with Crippen molar-refractivity contribution in [2.45, 2.75) is 51.5 Å². The van der Waals surface area contributed by atoms with E-state index in [1.807, 2.05) is 6.92 Å². The van der Waals surface area contributed by atoms with Crippen molar-refractivity contribution < 1.29 is 9.53 Å². The Hall–Kier alpha value is -0.570. The summed E-state index contributed by atoms with van der Waals surface area (Å²) in [6.07, 6.45) is 7.15. The highest BCUT2D eigenvalue weighted by molar-refractivity contribution is 5.75. The van der Waals surface area contributed by atoms with Crippen LogP contribution in [0.15, 0.2) is 0 Å². The maximum Gasteiger partial charge on any atom is 0.323 e. The first kappa shape index (κ1) is 11.5. The second-order valence-corrected chi connectivity index (χ2v) is 4.03. The topological polar surface area (TPSA) is 52.3 Å². The van der Waals surface area contributed by atoms with E-state index in [9.17, 15) is 4.79 Å². The van der Waals surface area contributed by atoms with E-state index in [-0.39, 0.29) is 5.97 Å². The average molecular weight is 199 g/mol. The standard InChI is InChI=1S/C11H21NO2/c1-2-14-11(13)10(12)9-7-5-3-4-6-8-9/h9-10H,2-8,12H2,1H3/t10-/m0/s1. The molecule has 0 spiro atoms. The normalized spacial score (nSPS) is 21.3. The van der Waals surface area contributed by atoms with Gasteiger partial charge in [0.1, 0.15) is 6.04 Å². The van der Waals surface area contributed by atoms with Crippen LogP contribution in [-0.4, -0.2) is 18.6 Å². The molecular weight excluding hydrogens is 178 g/mol. The van der Waals surface area contributed by atoms with Gasteiger partial charge in [0.15, 0.2) is 0 Å². The summed E-state index contributed by atoms with van der Waals surface area (Å²) in [5.74, 6) is 0.121. The van der Waals surface area contributed by atoms with Gasteiger partial charge in [-0.05, 0) is 25.7 Å². The Morgan fingerprint density at radius 1 is 1.36 bits per heavy atom. The molecule has 0 aromatic heterocycles. The van der Waals surface area contributed by atoms with Crippen LogP contribution in [0.5, 0.6) is 0 Å². The summed E-state index contributed by atoms with van der Waals surface area (Å²) in [5, 5.41) is 0. The van der Waals surface area contributed by atoms with E-state index < -0.39 is 6.04 Å². The van der Waals surface area contributed by atoms with Crippen molar-refractivity contribution in [3.05, 3.63) is 0 Å². The van der Waals surface area contributed by atoms with Gasteiger partial charge in [-0.1, -0.05) is 25.7 Å². The summed E-state index contributed by atoms with van der Waals surface area (Å²) < 4.78 is 4.93. The molecule has 1 aliphatic carbocycles. The number of hydrogen-bond donors (Lipinski definition) is 1. The van der Waals surface area contributed by atoms with Crippen LogP contribution in [0.2, 0.25) is 0 Å². The van der Waals surface area contributed by atoms with Crippen LogP contribution in [0.25, 0.3) is 0 Å². The van der Waals surface area contributed by atoms with E-state index in [2.05, 4.69) is 0 Å². The van der Waals surface area contributed by atoms with Crippen molar-refractivity contribution in [2.24, 2.45) is 11.7 Å². The van der Waals surface area contributed by atoms with Gasteiger partial charge in [-0.3, -0.25) is 4.79 Å². The van der Waals surface area contributed by atoms with Gasteiger partial charge in [-0.15, -0.1) is 0 Å². The van der Waals surface area contributed by atoms with Gasteiger partial charge in [0.2, 0.25) is 0 Å². The molecule has 0 aliphatic heterocycles. The van der Waals surface area contributed by atoms with E-state index in [1.165, 1.54) is 25.7 Å². The summed E-state index contributed by atoms with van der Waals surface area (Å²) in [6.45, 7) is 2.25. The molecule has 0 aromatic carbocycles. The predicted octanol–water partition coefficient (Wildman–Crippen LogP) is 1.85. The summed E-state index contributed by atoms with van der Waals surface area (Å²) in [6, 6.07) is -0.395. The van der Waals surface area contributed by atoms with E-state index in [0.717, 1.165) is 12.8 Å². The summed E-state index contributed by atoms with van der Waals surface area (Å²) >= 11 is 0. The molecule has 1 saturated carbocycles. The molecule has 0 heterocycles. The number of carbonyl (C=O) groups excluding carboxylic acids is 1. The van der Waals surface area contributed by atoms with Crippen LogP contribution in [-0.2, 0) is 9.53 Å². The monoisotopic (exact) mass is 199 g/mol. The number of rotatable bonds is 3. The zero-order valence-electron chi connectivity index (χ0n) is 9.00. The lowest BCUT2D eigenvalue weighted by molar-refractivity contribution is -0.146. The SMILES string of the molecule is CCOC(=O)[C@@H](N)C1CCCCCC1. The highest BCUT2D eigenvalue weighted by atomic mass is 16.5. The molecule has 3 heteroatoms. The molecule has 14 heavy (non-hydrogen) atoms. The minimum absolute atomic E-state index is 0.223. The molecule has 0 bridgehead atoms. The van der Waals surface area contributed by atoms with Crippen LogP contribution in [0.1, 0.15) is 45.4 Å². The maximum absolute atomic E-state index is 11.4. The van der Waals surface area contributed by atoms with Gasteiger partial charge in [0, 0.05) is 0 Å². The Balaban J connectivity index is 2.40. The Kier molecular flexibility index (Phi) is 4.94. The summed E-state index contributed by atoms with van der Waals surface area (Å²) in [4.78, 5) is 11.4. The van der Waals surface area contributed by atoms with E-state index >= 15 is 0 Å². The van der Waals surface area contributed by atoms with Crippen molar-refractivity contribution >= 4 is 5.97 Å². The fourth-order valence-corrected chi connectivity index (χ4v) is 2.10. The minimum atomic E-state index is -0.395. The molecular formula is C11H21NO2. The Morgan fingerprint density at radius 3 is 2.43 bits per heavy atom. The van der Waals surface area contributed by atoms with Crippen LogP contribution >= 0.6 is 0 Å². The number of hydrogen-bond acceptors (Lipinski definition) is 3. The van der Waals surface area contributed by atoms with Gasteiger partial charge in [0.05, 0.1) is 6.61 Å². The maximum atomic E-state index is 11.4. The molecule has 0 amide bonds. The highest BCUT2D eigenvalue weighted by Gasteiger charge is 2.26. The Morgan fingerprint density at radius 2 is 1.93 bits per heavy atom. The molecule has 3 nitrogen and oxygen atoms in total. The Bertz CT molecular complexity index is 174. The summed E-state index contributed by atoms with van der Waals surface area (Å²) in [5.41, 5.74) is 5.87. The van der Waals surface area contributed by atoms with Crippen molar-refractivity contribution in [1.29, 1.82) is 0 Å². The second kappa shape index (κ2) is 6.02. The molecule has 0 aromatic rings. The smallest absolute Gasteiger partial charge is 0.323 e. The highest BCUT2D eigenvalue weighted by Crippen LogP contribution is 2.25. The van der Waals surface area contributed by atoms with Crippen LogP contribution in [0, 0.1) is 5.92 Å². The predicted molar refractivity (Wildman–Crippen MR) is 55.8 cm³/mol. The van der Waals surface area contributed by atoms with E-state index in [1.54, 1.807) is 0 Å². The van der Waals surface area contributed by atoms with Crippen LogP contribution in [0.4, 0.5) is 0 Å². The number of ether oxygens (including phenoxy) is 1. The third-order valence-electron chi connectivity index (χ3n) is 2.97. The number of esters is 1. The fraction of sp³-hybridized carbons (Fsp3) is 0.909. The first-order valence-corrected chi connectivity index (χ1v) is 5.68. The van der Waals surface area contributed by atoms with Crippen molar-refractivity contribution in [3.8, 4) is 0 Å². The van der Waals surface area contributed by atoms with Gasteiger partial charge >= 0.3 is 5.97 Å². The molecule has 2 N–H and O–H groups in total. The molecule has 1 aliphatic rings. The van der Waals surface area contributed by atoms with Gasteiger partial charge in [0.25, 0.3) is 0 Å². The molecule has 1 atom stereocenters. The first-order valence-electron chi connectivity index (χ1n) is 5.68. The third kappa shape index (κ3) is 3.29. The number of nitrogens with two attached hydrogens (primary N) is 1. The largest absolute Gasteiger partial charge is 0.465 e. The minimum Gasteiger partial charge on any atom is -0.465 e. The average Bonchev–Trinajstić information content (AvgIpc) is 2.45. The zero-order valence-corrected chi connectivity index (χ0v) is 9.00. The second-order valence-electron chi connectivity index (χ2n) is 4.03. The summed E-state index contributed by atoms with van der Waals surface area (Å²) in [7, 11) is 0. The van der Waals surface area contributed by atoms with Gasteiger partial charge < -0.3 is 10.5 Å². The molecule has 0 unspecified atom stereocenters. The molecule has 1 fully saturated rings. The van der Waals surface area contributed by atoms with Crippen molar-refractivity contribution in [1.82, 2.24) is 0 Å². The quantitative estimate of drug-likeness (QED) is 0.557. The molecule has 1 rings (SSSR count). The van der Waals surface area contributed by atoms with Crippen molar-refractivity contribution in [3.63, 3.8) is 0 Å². The number of carbonyl (C=O) groups is 1. The van der Waals surface area contributed by atoms with Gasteiger partial charge in [-0.25, -0.2) is 0 Å². The lowest BCUT2D eigenvalue weighted by Crippen LogP contribution is -2.39. The first-order chi connectivity index (χ1) is 6.75. The van der Waals surface area contributed by atoms with E-state index in [4.69, 9.17) is 10.5 Å². The lowest BCUT2D eigenvalue weighted by Gasteiger charge is -2.20. The molecule has 82 valence electrons. The van der Waals surface area contributed by atoms with E-state index in [0.29, 0.717) is 12.5 Å². The van der Waals surface area contributed by atoms with Crippen LogP contribution in [0.3, 0.4) is 0 Å². The fourth-order valence-electron chi connectivity index (χ4n) is 2.10. The lowest BCUT2D eigenvalue weighted by atomic mass is 9.92. The zero-order chi connectivity index (χ0) is 10.4.